The summed E-state index contributed by atoms with van der Waals surface area (Å²) < 4.78 is 71.0. The lowest BCUT2D eigenvalue weighted by Crippen LogP contribution is -2.31. The van der Waals surface area contributed by atoms with Crippen LogP contribution in [-0.2, 0) is 24.8 Å². The number of amides is 1. The Hall–Kier alpha value is -5.79. The van der Waals surface area contributed by atoms with E-state index in [0.29, 0.717) is 22.7 Å². The van der Waals surface area contributed by atoms with Gasteiger partial charge in [-0.3, -0.25) is 19.1 Å². The van der Waals surface area contributed by atoms with Crippen LogP contribution in [0.3, 0.4) is 0 Å². The van der Waals surface area contributed by atoms with Crippen LogP contribution in [0.4, 0.5) is 22.7 Å². The summed E-state index contributed by atoms with van der Waals surface area (Å²) in [5.74, 6) is -0.257. The molecule has 0 bridgehead atoms. The molecule has 1 aliphatic rings. The van der Waals surface area contributed by atoms with E-state index in [4.69, 9.17) is 9.47 Å². The van der Waals surface area contributed by atoms with Crippen molar-refractivity contribution >= 4 is 48.7 Å². The smallest absolute Gasteiger partial charge is 0.275 e. The molecular formula is C40H40N4O7S2. The number of anilines is 4. The van der Waals surface area contributed by atoms with Gasteiger partial charge in [-0.05, 0) is 122 Å². The summed E-state index contributed by atoms with van der Waals surface area (Å²) in [4.78, 5) is 15.5. The summed E-state index contributed by atoms with van der Waals surface area (Å²) in [6.45, 7) is 7.66. The Balaban J connectivity index is 1.35. The Morgan fingerprint density at radius 1 is 0.585 bits per heavy atom. The Labute approximate surface area is 310 Å². The molecule has 11 nitrogen and oxygen atoms in total. The highest BCUT2D eigenvalue weighted by Crippen LogP contribution is 2.40. The van der Waals surface area contributed by atoms with E-state index in [1.165, 1.54) is 43.4 Å². The minimum Gasteiger partial charge on any atom is -0.495 e. The number of aryl methyl sites for hydroxylation is 4. The van der Waals surface area contributed by atoms with Crippen LogP contribution in [0, 0.1) is 27.7 Å². The first-order chi connectivity index (χ1) is 25.2. The van der Waals surface area contributed by atoms with Crippen LogP contribution in [0.15, 0.2) is 125 Å². The Morgan fingerprint density at radius 3 is 1.62 bits per heavy atom. The third kappa shape index (κ3) is 7.71. The molecule has 274 valence electrons. The summed E-state index contributed by atoms with van der Waals surface area (Å²) in [5.41, 5.74) is 6.21. The molecule has 13 heteroatoms. The van der Waals surface area contributed by atoms with Crippen molar-refractivity contribution in [1.29, 1.82) is 0 Å². The molecule has 0 saturated heterocycles. The van der Waals surface area contributed by atoms with Gasteiger partial charge in [0.05, 0.1) is 20.3 Å². The van der Waals surface area contributed by atoms with Crippen molar-refractivity contribution in [2.75, 3.05) is 33.9 Å². The molecule has 1 aliphatic heterocycles. The maximum Gasteiger partial charge on any atom is 0.275 e. The van der Waals surface area contributed by atoms with Gasteiger partial charge >= 0.3 is 0 Å². The third-order valence-electron chi connectivity index (χ3n) is 9.16. The lowest BCUT2D eigenvalue weighted by atomic mass is 10.1. The molecule has 53 heavy (non-hydrogen) atoms. The molecule has 1 atom stereocenters. The molecule has 5 aromatic rings. The molecule has 6 rings (SSSR count). The van der Waals surface area contributed by atoms with Crippen LogP contribution in [0.25, 0.3) is 0 Å². The maximum absolute atomic E-state index is 14.3. The summed E-state index contributed by atoms with van der Waals surface area (Å²) in [6.07, 6.45) is 1.72. The molecule has 1 unspecified atom stereocenters. The van der Waals surface area contributed by atoms with E-state index in [0.717, 1.165) is 27.8 Å². The van der Waals surface area contributed by atoms with Crippen LogP contribution in [-0.4, -0.2) is 37.0 Å². The van der Waals surface area contributed by atoms with Gasteiger partial charge in [-0.25, -0.2) is 16.8 Å². The van der Waals surface area contributed by atoms with E-state index in [9.17, 15) is 21.6 Å². The van der Waals surface area contributed by atoms with Crippen LogP contribution < -0.4 is 29.1 Å². The second-order valence-corrected chi connectivity index (χ2v) is 16.0. The van der Waals surface area contributed by atoms with Crippen molar-refractivity contribution in [2.24, 2.45) is 0 Å². The van der Waals surface area contributed by atoms with E-state index in [-0.39, 0.29) is 27.0 Å². The molecule has 5 aromatic carbocycles. The molecule has 0 radical (unpaired) electrons. The molecule has 0 spiro atoms. The lowest BCUT2D eigenvalue weighted by molar-refractivity contribution is -0.114. The van der Waals surface area contributed by atoms with Gasteiger partial charge in [-0.1, -0.05) is 42.5 Å². The van der Waals surface area contributed by atoms with Crippen molar-refractivity contribution in [3.63, 3.8) is 0 Å². The summed E-state index contributed by atoms with van der Waals surface area (Å²) in [6, 6.07) is 28.2. The van der Waals surface area contributed by atoms with Crippen molar-refractivity contribution in [1.82, 2.24) is 0 Å². The second-order valence-electron chi connectivity index (χ2n) is 12.7. The van der Waals surface area contributed by atoms with Crippen molar-refractivity contribution in [3.8, 4) is 11.5 Å². The topological polar surface area (TPSA) is 143 Å². The summed E-state index contributed by atoms with van der Waals surface area (Å²) in [5, 5.41) is 3.11. The molecule has 0 aromatic heterocycles. The SMILES string of the molecule is COc1ccc(NC2=CC(c3ccccc3)N(c3ccc(OC)c(S(=O)(=O)Nc4ccc(C)c(C)c4)c3)C2=O)cc1S(=O)(=O)Nc1ccc(C)c(C)c1. The van der Waals surface area contributed by atoms with E-state index in [1.54, 1.807) is 42.5 Å². The Kier molecular flexibility index (Phi) is 10.2. The number of ether oxygens (including phenoxy) is 2. The number of methoxy groups -OCH3 is 2. The normalized spacial score (nSPS) is 14.5. The largest absolute Gasteiger partial charge is 0.495 e. The van der Waals surface area contributed by atoms with Gasteiger partial charge < -0.3 is 14.8 Å². The van der Waals surface area contributed by atoms with Crippen molar-refractivity contribution in [3.05, 3.63) is 143 Å². The second kappa shape index (κ2) is 14.7. The van der Waals surface area contributed by atoms with Gasteiger partial charge in [0, 0.05) is 22.7 Å². The number of benzene rings is 5. The van der Waals surface area contributed by atoms with Gasteiger partial charge in [0.2, 0.25) is 0 Å². The number of nitrogens with zero attached hydrogens (tertiary/aromatic N) is 1. The predicted molar refractivity (Wildman–Crippen MR) is 208 cm³/mol. The fourth-order valence-corrected chi connectivity index (χ4v) is 8.49. The Bertz CT molecular complexity index is 2470. The lowest BCUT2D eigenvalue weighted by Gasteiger charge is -2.26. The van der Waals surface area contributed by atoms with E-state index >= 15 is 0 Å². The summed E-state index contributed by atoms with van der Waals surface area (Å²) >= 11 is 0. The van der Waals surface area contributed by atoms with Crippen LogP contribution in [0.2, 0.25) is 0 Å². The summed E-state index contributed by atoms with van der Waals surface area (Å²) in [7, 11) is -5.54. The molecule has 1 amide bonds. The highest BCUT2D eigenvalue weighted by Gasteiger charge is 2.36. The van der Waals surface area contributed by atoms with Gasteiger partial charge in [-0.2, -0.15) is 0 Å². The van der Waals surface area contributed by atoms with Gasteiger partial charge in [0.15, 0.2) is 0 Å². The molecule has 1 heterocycles. The van der Waals surface area contributed by atoms with E-state index in [1.807, 2.05) is 70.2 Å². The van der Waals surface area contributed by atoms with Gasteiger partial charge in [-0.15, -0.1) is 0 Å². The fourth-order valence-electron chi connectivity index (χ4n) is 6.00. The van der Waals surface area contributed by atoms with Crippen LogP contribution in [0.1, 0.15) is 33.9 Å². The number of hydrogen-bond acceptors (Lipinski definition) is 8. The average molecular weight is 753 g/mol. The van der Waals surface area contributed by atoms with Crippen molar-refractivity contribution < 1.29 is 31.1 Å². The number of carbonyl (C=O) groups excluding carboxylic acids is 1. The molecule has 3 N–H and O–H groups in total. The highest BCUT2D eigenvalue weighted by atomic mass is 32.2. The number of carbonyl (C=O) groups is 1. The molecule has 0 aliphatic carbocycles. The first kappa shape index (κ1) is 37.0. The van der Waals surface area contributed by atoms with E-state index < -0.39 is 32.0 Å². The number of sulfonamides is 2. The van der Waals surface area contributed by atoms with Crippen LogP contribution in [0.5, 0.6) is 11.5 Å². The standard InChI is InChI=1S/C40H40N4O7S2/c1-25-12-14-31(20-27(25)3)42-52(46,47)38-22-30(16-18-36(38)50-5)41-34-24-35(29-10-8-7-9-11-29)44(40(34)45)33-17-19-37(51-6)39(23-33)53(48,49)43-32-15-13-26(2)28(4)21-32/h7-24,35,41-43H,1-6H3. The number of hydrogen-bond donors (Lipinski definition) is 3. The van der Waals surface area contributed by atoms with Gasteiger partial charge in [0.25, 0.3) is 26.0 Å². The molecule has 0 saturated carbocycles. The van der Waals surface area contributed by atoms with Gasteiger partial charge in [0.1, 0.15) is 27.0 Å². The number of rotatable bonds is 12. The Morgan fingerprint density at radius 2 is 1.09 bits per heavy atom. The quantitative estimate of drug-likeness (QED) is 0.118. The first-order valence-electron chi connectivity index (χ1n) is 16.6. The van der Waals surface area contributed by atoms with E-state index in [2.05, 4.69) is 14.8 Å². The third-order valence-corrected chi connectivity index (χ3v) is 12.0. The zero-order valence-corrected chi connectivity index (χ0v) is 31.7. The van der Waals surface area contributed by atoms with Crippen LogP contribution >= 0.6 is 0 Å². The maximum atomic E-state index is 14.3. The number of nitrogens with one attached hydrogen (secondary N) is 3. The zero-order chi connectivity index (χ0) is 38.1. The molecular weight excluding hydrogens is 713 g/mol. The van der Waals surface area contributed by atoms with Crippen molar-refractivity contribution in [2.45, 2.75) is 43.5 Å². The predicted octanol–water partition coefficient (Wildman–Crippen LogP) is 7.62. The first-order valence-corrected chi connectivity index (χ1v) is 19.6. The molecule has 0 fully saturated rings. The highest BCUT2D eigenvalue weighted by molar-refractivity contribution is 7.93. The average Bonchev–Trinajstić information content (AvgIpc) is 3.46. The minimum atomic E-state index is -4.17. The monoisotopic (exact) mass is 752 g/mol. The minimum absolute atomic E-state index is 0.0978. The fraction of sp³-hybridized carbons (Fsp3) is 0.175. The zero-order valence-electron chi connectivity index (χ0n) is 30.1.